The van der Waals surface area contributed by atoms with Crippen molar-refractivity contribution in [3.05, 3.63) is 47.7 Å². The molecule has 0 atom stereocenters. The molecule has 27 heavy (non-hydrogen) atoms. The number of nitrogens with two attached hydrogens (primary N) is 2. The SMILES string of the molecule is Nc1nccc(NCCNc2nc(N)nc3c2CCCc2ccccc2-3)n1. The fourth-order valence-electron chi connectivity index (χ4n) is 3.38. The van der Waals surface area contributed by atoms with Crippen LogP contribution in [0.15, 0.2) is 36.5 Å². The molecule has 3 aromatic rings. The van der Waals surface area contributed by atoms with Crippen molar-refractivity contribution in [2.75, 3.05) is 35.2 Å². The zero-order valence-corrected chi connectivity index (χ0v) is 14.9. The third kappa shape index (κ3) is 3.74. The molecule has 0 fully saturated rings. The van der Waals surface area contributed by atoms with Gasteiger partial charge >= 0.3 is 0 Å². The first kappa shape index (κ1) is 17.0. The Bertz CT molecular complexity index is 956. The van der Waals surface area contributed by atoms with Crippen molar-refractivity contribution in [1.82, 2.24) is 19.9 Å². The van der Waals surface area contributed by atoms with Crippen LogP contribution in [0.3, 0.4) is 0 Å². The Morgan fingerprint density at radius 1 is 0.889 bits per heavy atom. The average molecular weight is 362 g/mol. The van der Waals surface area contributed by atoms with Crippen LogP contribution in [0.1, 0.15) is 17.5 Å². The molecule has 138 valence electrons. The summed E-state index contributed by atoms with van der Waals surface area (Å²) in [4.78, 5) is 17.0. The predicted octanol–water partition coefficient (Wildman–Crippen LogP) is 2.11. The zero-order chi connectivity index (χ0) is 18.6. The molecule has 1 aliphatic rings. The maximum absolute atomic E-state index is 5.99. The van der Waals surface area contributed by atoms with Crippen molar-refractivity contribution in [2.45, 2.75) is 19.3 Å². The highest BCUT2D eigenvalue weighted by Gasteiger charge is 2.20. The maximum atomic E-state index is 5.99. The Balaban J connectivity index is 1.52. The molecule has 0 unspecified atom stereocenters. The predicted molar refractivity (Wildman–Crippen MR) is 107 cm³/mol. The lowest BCUT2D eigenvalue weighted by Crippen LogP contribution is -2.17. The maximum Gasteiger partial charge on any atom is 0.222 e. The number of aryl methyl sites for hydroxylation is 1. The number of hydrogen-bond donors (Lipinski definition) is 4. The fraction of sp³-hybridized carbons (Fsp3) is 0.263. The largest absolute Gasteiger partial charge is 0.368 e. The van der Waals surface area contributed by atoms with Gasteiger partial charge in [-0.15, -0.1) is 0 Å². The van der Waals surface area contributed by atoms with Crippen molar-refractivity contribution in [3.8, 4) is 11.3 Å². The molecule has 1 aromatic carbocycles. The standard InChI is InChI=1S/C19H22N8/c20-18-24-9-8-15(25-18)22-10-11-23-17-14-7-3-5-12-4-1-2-6-13(12)16(14)26-19(21)27-17/h1-2,4,6,8-9H,3,5,7,10-11H2,(H3,20,22,24,25)(H3,21,23,26,27). The summed E-state index contributed by atoms with van der Waals surface area (Å²) in [6.45, 7) is 1.32. The van der Waals surface area contributed by atoms with E-state index in [4.69, 9.17) is 11.5 Å². The van der Waals surface area contributed by atoms with Crippen LogP contribution in [0.5, 0.6) is 0 Å². The summed E-state index contributed by atoms with van der Waals surface area (Å²) >= 11 is 0. The van der Waals surface area contributed by atoms with Crippen LogP contribution in [0.25, 0.3) is 11.3 Å². The quantitative estimate of drug-likeness (QED) is 0.508. The van der Waals surface area contributed by atoms with E-state index >= 15 is 0 Å². The van der Waals surface area contributed by atoms with E-state index in [0.29, 0.717) is 18.9 Å². The zero-order valence-electron chi connectivity index (χ0n) is 14.9. The molecule has 0 amide bonds. The molecule has 2 aromatic heterocycles. The molecule has 0 saturated heterocycles. The van der Waals surface area contributed by atoms with E-state index in [1.165, 1.54) is 5.56 Å². The van der Waals surface area contributed by atoms with Crippen LogP contribution in [0, 0.1) is 0 Å². The van der Waals surface area contributed by atoms with Gasteiger partial charge in [0.15, 0.2) is 0 Å². The molecular weight excluding hydrogens is 340 g/mol. The molecule has 0 bridgehead atoms. The highest BCUT2D eigenvalue weighted by molar-refractivity contribution is 5.73. The number of anilines is 4. The Morgan fingerprint density at radius 2 is 1.74 bits per heavy atom. The van der Waals surface area contributed by atoms with Gasteiger partial charge in [-0.05, 0) is 30.9 Å². The van der Waals surface area contributed by atoms with Crippen molar-refractivity contribution >= 4 is 23.5 Å². The van der Waals surface area contributed by atoms with E-state index in [-0.39, 0.29) is 11.9 Å². The molecule has 0 aliphatic heterocycles. The number of nitrogens with zero attached hydrogens (tertiary/aromatic N) is 4. The second kappa shape index (κ2) is 7.45. The Labute approximate surface area is 157 Å². The van der Waals surface area contributed by atoms with Crippen molar-refractivity contribution in [2.24, 2.45) is 0 Å². The number of nitrogen functional groups attached to an aromatic ring is 2. The van der Waals surface area contributed by atoms with E-state index in [9.17, 15) is 0 Å². The van der Waals surface area contributed by atoms with Gasteiger partial charge in [0.25, 0.3) is 0 Å². The smallest absolute Gasteiger partial charge is 0.222 e. The Kier molecular flexibility index (Phi) is 4.69. The van der Waals surface area contributed by atoms with Crippen LogP contribution in [0.2, 0.25) is 0 Å². The molecule has 8 nitrogen and oxygen atoms in total. The molecule has 8 heteroatoms. The molecule has 0 radical (unpaired) electrons. The normalized spacial score (nSPS) is 12.6. The summed E-state index contributed by atoms with van der Waals surface area (Å²) in [6, 6.07) is 10.2. The van der Waals surface area contributed by atoms with Gasteiger partial charge in [-0.25, -0.2) is 9.97 Å². The summed E-state index contributed by atoms with van der Waals surface area (Å²) in [7, 11) is 0. The highest BCUT2D eigenvalue weighted by Crippen LogP contribution is 2.34. The van der Waals surface area contributed by atoms with Crippen molar-refractivity contribution in [3.63, 3.8) is 0 Å². The van der Waals surface area contributed by atoms with Gasteiger partial charge < -0.3 is 22.1 Å². The van der Waals surface area contributed by atoms with Gasteiger partial charge in [-0.2, -0.15) is 9.97 Å². The van der Waals surface area contributed by atoms with Crippen LogP contribution in [-0.2, 0) is 12.8 Å². The number of rotatable bonds is 5. The lowest BCUT2D eigenvalue weighted by molar-refractivity contribution is 0.829. The van der Waals surface area contributed by atoms with E-state index < -0.39 is 0 Å². The molecule has 6 N–H and O–H groups in total. The summed E-state index contributed by atoms with van der Waals surface area (Å²) in [5, 5.41) is 6.60. The van der Waals surface area contributed by atoms with Crippen LogP contribution in [-0.4, -0.2) is 33.0 Å². The molecular formula is C19H22N8. The molecule has 0 spiro atoms. The van der Waals surface area contributed by atoms with Crippen molar-refractivity contribution < 1.29 is 0 Å². The monoisotopic (exact) mass is 362 g/mol. The lowest BCUT2D eigenvalue weighted by atomic mass is 10.0. The van der Waals surface area contributed by atoms with Gasteiger partial charge in [-0.1, -0.05) is 24.3 Å². The summed E-state index contributed by atoms with van der Waals surface area (Å²) in [6.07, 6.45) is 4.63. The van der Waals surface area contributed by atoms with Gasteiger partial charge in [0.2, 0.25) is 11.9 Å². The van der Waals surface area contributed by atoms with Gasteiger partial charge in [0, 0.05) is 30.4 Å². The molecule has 1 aliphatic carbocycles. The first-order valence-corrected chi connectivity index (χ1v) is 9.01. The second-order valence-electron chi connectivity index (χ2n) is 6.42. The molecule has 2 heterocycles. The van der Waals surface area contributed by atoms with E-state index in [1.54, 1.807) is 12.3 Å². The number of benzene rings is 1. The first-order chi connectivity index (χ1) is 13.2. The number of hydrogen-bond acceptors (Lipinski definition) is 8. The van der Waals surface area contributed by atoms with E-state index in [0.717, 1.165) is 41.9 Å². The Morgan fingerprint density at radius 3 is 2.63 bits per heavy atom. The third-order valence-electron chi connectivity index (χ3n) is 4.57. The lowest BCUT2D eigenvalue weighted by Gasteiger charge is -2.15. The topological polar surface area (TPSA) is 128 Å². The van der Waals surface area contributed by atoms with Crippen molar-refractivity contribution in [1.29, 1.82) is 0 Å². The minimum atomic E-state index is 0.250. The number of fused-ring (bicyclic) bond motifs is 3. The van der Waals surface area contributed by atoms with Crippen LogP contribution < -0.4 is 22.1 Å². The van der Waals surface area contributed by atoms with Gasteiger partial charge in [0.1, 0.15) is 11.6 Å². The minimum Gasteiger partial charge on any atom is -0.368 e. The molecule has 4 rings (SSSR count). The summed E-state index contributed by atoms with van der Waals surface area (Å²) in [5.41, 5.74) is 16.1. The highest BCUT2D eigenvalue weighted by atomic mass is 15.1. The molecule has 0 saturated carbocycles. The number of aromatic nitrogens is 4. The average Bonchev–Trinajstić information content (AvgIpc) is 2.85. The Hall–Kier alpha value is -3.42. The fourth-order valence-corrected chi connectivity index (χ4v) is 3.38. The van der Waals surface area contributed by atoms with Gasteiger partial charge in [0.05, 0.1) is 5.69 Å². The first-order valence-electron chi connectivity index (χ1n) is 9.01. The van der Waals surface area contributed by atoms with Crippen LogP contribution >= 0.6 is 0 Å². The number of nitrogens with one attached hydrogen (secondary N) is 2. The van der Waals surface area contributed by atoms with E-state index in [2.05, 4.69) is 48.8 Å². The van der Waals surface area contributed by atoms with E-state index in [1.807, 2.05) is 6.07 Å². The summed E-state index contributed by atoms with van der Waals surface area (Å²) in [5.74, 6) is 2.03. The van der Waals surface area contributed by atoms with Crippen LogP contribution in [0.4, 0.5) is 23.5 Å². The minimum absolute atomic E-state index is 0.250. The summed E-state index contributed by atoms with van der Waals surface area (Å²) < 4.78 is 0. The third-order valence-corrected chi connectivity index (χ3v) is 4.57. The second-order valence-corrected chi connectivity index (χ2v) is 6.42. The van der Waals surface area contributed by atoms with Gasteiger partial charge in [-0.3, -0.25) is 0 Å².